The highest BCUT2D eigenvalue weighted by atomic mass is 15.1. The van der Waals surface area contributed by atoms with Crippen LogP contribution in [0.5, 0.6) is 0 Å². The van der Waals surface area contributed by atoms with Crippen molar-refractivity contribution in [3.05, 3.63) is 0 Å². The number of nitrogens with zero attached hydrogens (tertiary/aromatic N) is 1. The van der Waals surface area contributed by atoms with Crippen molar-refractivity contribution in [1.82, 2.24) is 10.2 Å². The molecule has 0 heterocycles. The van der Waals surface area contributed by atoms with Crippen molar-refractivity contribution in [2.45, 2.75) is 25.8 Å². The molecule has 0 aliphatic heterocycles. The lowest BCUT2D eigenvalue weighted by atomic mass is 10.0. The maximum Gasteiger partial charge on any atom is 0.0137 e. The number of rotatable bonds is 6. The molecule has 0 bridgehead atoms. The van der Waals surface area contributed by atoms with Crippen LogP contribution in [0.25, 0.3) is 0 Å². The Kier molecular flexibility index (Phi) is 5.46. The van der Waals surface area contributed by atoms with Crippen molar-refractivity contribution in [3.63, 3.8) is 0 Å². The summed E-state index contributed by atoms with van der Waals surface area (Å²) in [4.78, 5) is 2.17. The van der Waals surface area contributed by atoms with Gasteiger partial charge in [-0.15, -0.1) is 0 Å². The fourth-order valence-electron chi connectivity index (χ4n) is 1.07. The molecule has 3 nitrogen and oxygen atoms in total. The van der Waals surface area contributed by atoms with E-state index in [-0.39, 0.29) is 5.54 Å². The molecule has 0 unspecified atom stereocenters. The molecular weight excluding hydrogens is 150 g/mol. The van der Waals surface area contributed by atoms with E-state index < -0.39 is 0 Å². The van der Waals surface area contributed by atoms with E-state index in [2.05, 4.69) is 38.2 Å². The Morgan fingerprint density at radius 3 is 2.33 bits per heavy atom. The molecule has 0 saturated heterocycles. The zero-order valence-electron chi connectivity index (χ0n) is 8.85. The van der Waals surface area contributed by atoms with Gasteiger partial charge in [0.05, 0.1) is 0 Å². The Morgan fingerprint density at radius 2 is 1.92 bits per heavy atom. The second-order valence-corrected chi connectivity index (χ2v) is 4.15. The second kappa shape index (κ2) is 5.51. The molecule has 0 aliphatic carbocycles. The number of likely N-dealkylation sites (N-methyl/N-ethyl adjacent to an activating group) is 1. The molecule has 12 heavy (non-hydrogen) atoms. The first kappa shape index (κ1) is 11.9. The Bertz CT molecular complexity index is 110. The molecule has 0 radical (unpaired) electrons. The van der Waals surface area contributed by atoms with Gasteiger partial charge in [0, 0.05) is 18.6 Å². The molecule has 0 aromatic rings. The second-order valence-electron chi connectivity index (χ2n) is 4.15. The van der Waals surface area contributed by atoms with Crippen LogP contribution < -0.4 is 11.1 Å². The zero-order chi connectivity index (χ0) is 9.61. The van der Waals surface area contributed by atoms with Gasteiger partial charge in [-0.1, -0.05) is 0 Å². The molecule has 0 aromatic heterocycles. The van der Waals surface area contributed by atoms with Crippen LogP contribution in [0, 0.1) is 0 Å². The quantitative estimate of drug-likeness (QED) is 0.605. The average molecular weight is 173 g/mol. The van der Waals surface area contributed by atoms with E-state index >= 15 is 0 Å². The molecule has 0 aliphatic rings. The van der Waals surface area contributed by atoms with Crippen LogP contribution in [-0.2, 0) is 0 Å². The number of hydrogen-bond acceptors (Lipinski definition) is 3. The molecular formula is C9H23N3. The van der Waals surface area contributed by atoms with Gasteiger partial charge in [0.25, 0.3) is 0 Å². The standard InChI is InChI=1S/C9H23N3/c1-9(2,5-6-10)11-7-8-12(3)4/h11H,5-8,10H2,1-4H3. The minimum atomic E-state index is 0.185. The summed E-state index contributed by atoms with van der Waals surface area (Å²) < 4.78 is 0. The number of hydrogen-bond donors (Lipinski definition) is 2. The summed E-state index contributed by atoms with van der Waals surface area (Å²) in [5.41, 5.74) is 5.68. The van der Waals surface area contributed by atoms with E-state index in [9.17, 15) is 0 Å². The van der Waals surface area contributed by atoms with Crippen molar-refractivity contribution < 1.29 is 0 Å². The minimum absolute atomic E-state index is 0.185. The van der Waals surface area contributed by atoms with Crippen molar-refractivity contribution in [2.75, 3.05) is 33.7 Å². The maximum absolute atomic E-state index is 5.50. The zero-order valence-corrected chi connectivity index (χ0v) is 8.85. The van der Waals surface area contributed by atoms with Crippen molar-refractivity contribution in [1.29, 1.82) is 0 Å². The van der Waals surface area contributed by atoms with Gasteiger partial charge in [-0.3, -0.25) is 0 Å². The summed E-state index contributed by atoms with van der Waals surface area (Å²) >= 11 is 0. The summed E-state index contributed by atoms with van der Waals surface area (Å²) in [6, 6.07) is 0. The largest absolute Gasteiger partial charge is 0.330 e. The lowest BCUT2D eigenvalue weighted by Crippen LogP contribution is -2.43. The first-order valence-corrected chi connectivity index (χ1v) is 4.58. The van der Waals surface area contributed by atoms with E-state index in [1.54, 1.807) is 0 Å². The van der Waals surface area contributed by atoms with Gasteiger partial charge in [-0.25, -0.2) is 0 Å². The Balaban J connectivity index is 3.46. The van der Waals surface area contributed by atoms with E-state index in [4.69, 9.17) is 5.73 Å². The van der Waals surface area contributed by atoms with Crippen LogP contribution in [0.3, 0.4) is 0 Å². The molecule has 0 aromatic carbocycles. The topological polar surface area (TPSA) is 41.3 Å². The number of nitrogens with two attached hydrogens (primary N) is 1. The Hall–Kier alpha value is -0.120. The summed E-state index contributed by atoms with van der Waals surface area (Å²) in [6.45, 7) is 7.24. The average Bonchev–Trinajstić information content (AvgIpc) is 1.85. The summed E-state index contributed by atoms with van der Waals surface area (Å²) in [5.74, 6) is 0. The molecule has 0 fully saturated rings. The third kappa shape index (κ3) is 6.58. The minimum Gasteiger partial charge on any atom is -0.330 e. The summed E-state index contributed by atoms with van der Waals surface area (Å²) in [7, 11) is 4.16. The van der Waals surface area contributed by atoms with Crippen LogP contribution in [0.1, 0.15) is 20.3 Å². The molecule has 0 rings (SSSR count). The van der Waals surface area contributed by atoms with Crippen molar-refractivity contribution in [2.24, 2.45) is 5.73 Å². The predicted molar refractivity (Wildman–Crippen MR) is 54.3 cm³/mol. The Labute approximate surface area is 76.3 Å². The van der Waals surface area contributed by atoms with Crippen LogP contribution in [0.15, 0.2) is 0 Å². The SMILES string of the molecule is CN(C)CCNC(C)(C)CCN. The van der Waals surface area contributed by atoms with Crippen LogP contribution >= 0.6 is 0 Å². The fraction of sp³-hybridized carbons (Fsp3) is 1.00. The van der Waals surface area contributed by atoms with Crippen LogP contribution in [0.4, 0.5) is 0 Å². The first-order chi connectivity index (χ1) is 5.48. The lowest BCUT2D eigenvalue weighted by molar-refractivity contribution is 0.327. The molecule has 3 N–H and O–H groups in total. The Morgan fingerprint density at radius 1 is 1.33 bits per heavy atom. The van der Waals surface area contributed by atoms with Gasteiger partial charge in [-0.05, 0) is 40.9 Å². The molecule has 0 amide bonds. The normalized spacial score (nSPS) is 12.5. The highest BCUT2D eigenvalue weighted by molar-refractivity contribution is 4.77. The van der Waals surface area contributed by atoms with Gasteiger partial charge in [0.15, 0.2) is 0 Å². The van der Waals surface area contributed by atoms with E-state index in [1.165, 1.54) is 0 Å². The highest BCUT2D eigenvalue weighted by Crippen LogP contribution is 2.05. The van der Waals surface area contributed by atoms with Crippen LogP contribution in [-0.4, -0.2) is 44.2 Å². The maximum atomic E-state index is 5.50. The van der Waals surface area contributed by atoms with E-state index in [0.29, 0.717) is 0 Å². The lowest BCUT2D eigenvalue weighted by Gasteiger charge is -2.26. The smallest absolute Gasteiger partial charge is 0.0137 e. The van der Waals surface area contributed by atoms with E-state index in [0.717, 1.165) is 26.1 Å². The van der Waals surface area contributed by atoms with Gasteiger partial charge in [-0.2, -0.15) is 0 Å². The van der Waals surface area contributed by atoms with Gasteiger partial charge >= 0.3 is 0 Å². The third-order valence-corrected chi connectivity index (χ3v) is 1.93. The molecule has 0 saturated carbocycles. The molecule has 0 spiro atoms. The summed E-state index contributed by atoms with van der Waals surface area (Å²) in [6.07, 6.45) is 1.03. The predicted octanol–water partition coefficient (Wildman–Crippen LogP) is 0.265. The van der Waals surface area contributed by atoms with Gasteiger partial charge < -0.3 is 16.0 Å². The van der Waals surface area contributed by atoms with Crippen molar-refractivity contribution >= 4 is 0 Å². The third-order valence-electron chi connectivity index (χ3n) is 1.93. The first-order valence-electron chi connectivity index (χ1n) is 4.58. The van der Waals surface area contributed by atoms with E-state index in [1.807, 2.05) is 0 Å². The highest BCUT2D eigenvalue weighted by Gasteiger charge is 2.14. The molecule has 3 heteroatoms. The summed E-state index contributed by atoms with van der Waals surface area (Å²) in [5, 5.41) is 3.47. The monoisotopic (exact) mass is 173 g/mol. The van der Waals surface area contributed by atoms with Gasteiger partial charge in [0.2, 0.25) is 0 Å². The van der Waals surface area contributed by atoms with Crippen LogP contribution in [0.2, 0.25) is 0 Å². The molecule has 0 atom stereocenters. The van der Waals surface area contributed by atoms with Crippen molar-refractivity contribution in [3.8, 4) is 0 Å². The number of nitrogens with one attached hydrogen (secondary N) is 1. The molecule has 74 valence electrons. The fourth-order valence-corrected chi connectivity index (χ4v) is 1.07. The van der Waals surface area contributed by atoms with Gasteiger partial charge in [0.1, 0.15) is 0 Å².